The van der Waals surface area contributed by atoms with E-state index in [0.717, 1.165) is 37.4 Å². The van der Waals surface area contributed by atoms with Gasteiger partial charge < -0.3 is 19.4 Å². The first-order valence-corrected chi connectivity index (χ1v) is 9.61. The summed E-state index contributed by atoms with van der Waals surface area (Å²) in [7, 11) is 0. The molecule has 0 saturated carbocycles. The van der Waals surface area contributed by atoms with Crippen LogP contribution in [-0.4, -0.2) is 59.6 Å². The largest absolute Gasteiger partial charge is 0.378 e. The molecule has 2 aromatic rings. The minimum atomic E-state index is -0.143. The number of nitrogens with zero attached hydrogens (tertiary/aromatic N) is 3. The Labute approximate surface area is 156 Å². The van der Waals surface area contributed by atoms with Crippen LogP contribution in [0.25, 0.3) is 5.52 Å². The monoisotopic (exact) mass is 360 g/mol. The van der Waals surface area contributed by atoms with Crippen molar-refractivity contribution in [2.45, 2.75) is 34.1 Å². The molecule has 2 aromatic heterocycles. The van der Waals surface area contributed by atoms with Crippen molar-refractivity contribution in [2.75, 3.05) is 39.4 Å². The highest BCUT2D eigenvalue weighted by atomic mass is 16.5. The van der Waals surface area contributed by atoms with E-state index in [1.807, 2.05) is 28.8 Å². The number of imidazole rings is 1. The lowest BCUT2D eigenvalue weighted by Gasteiger charge is -2.17. The number of nitrogens with one attached hydrogen (secondary N) is 1. The van der Waals surface area contributed by atoms with E-state index in [0.29, 0.717) is 31.4 Å². The lowest BCUT2D eigenvalue weighted by molar-refractivity contribution is 0.0882. The van der Waals surface area contributed by atoms with Gasteiger partial charge in [-0.2, -0.15) is 0 Å². The number of aromatic nitrogens is 2. The molecule has 0 aliphatic heterocycles. The first kappa shape index (κ1) is 20.4. The molecule has 0 radical (unpaired) electrons. The van der Waals surface area contributed by atoms with E-state index >= 15 is 0 Å². The Kier molecular flexibility index (Phi) is 8.06. The molecule has 0 fully saturated rings. The maximum absolute atomic E-state index is 12.5. The van der Waals surface area contributed by atoms with Crippen molar-refractivity contribution >= 4 is 11.4 Å². The van der Waals surface area contributed by atoms with Gasteiger partial charge in [0.25, 0.3) is 5.91 Å². The highest BCUT2D eigenvalue weighted by Crippen LogP contribution is 2.15. The quantitative estimate of drug-likeness (QED) is 0.626. The molecule has 6 nitrogen and oxygen atoms in total. The molecule has 26 heavy (non-hydrogen) atoms. The van der Waals surface area contributed by atoms with Crippen LogP contribution in [0, 0.1) is 5.92 Å². The topological polar surface area (TPSA) is 58.9 Å². The Morgan fingerprint density at radius 1 is 1.27 bits per heavy atom. The Balaban J connectivity index is 1.88. The Bertz CT molecular complexity index is 692. The second-order valence-corrected chi connectivity index (χ2v) is 6.83. The van der Waals surface area contributed by atoms with Gasteiger partial charge in [-0.25, -0.2) is 4.98 Å². The van der Waals surface area contributed by atoms with Crippen molar-refractivity contribution in [3.63, 3.8) is 0 Å². The van der Waals surface area contributed by atoms with E-state index in [9.17, 15) is 4.79 Å². The molecule has 0 aromatic carbocycles. The number of amides is 1. The third-order valence-corrected chi connectivity index (χ3v) is 4.41. The maximum Gasteiger partial charge on any atom is 0.272 e. The summed E-state index contributed by atoms with van der Waals surface area (Å²) in [6.45, 7) is 13.3. The van der Waals surface area contributed by atoms with Gasteiger partial charge in [-0.05, 0) is 31.1 Å². The average Bonchev–Trinajstić information content (AvgIpc) is 2.99. The second kappa shape index (κ2) is 10.3. The van der Waals surface area contributed by atoms with Crippen molar-refractivity contribution in [2.24, 2.45) is 5.92 Å². The van der Waals surface area contributed by atoms with Crippen molar-refractivity contribution < 1.29 is 9.53 Å². The van der Waals surface area contributed by atoms with Crippen LogP contribution in [0.4, 0.5) is 0 Å². The molecule has 0 aliphatic carbocycles. The SMILES string of the molecule is CCN(CC)CCOCCNC(=O)c1nc(CC(C)C)n2ccccc12. The van der Waals surface area contributed by atoms with E-state index in [2.05, 4.69) is 42.9 Å². The van der Waals surface area contributed by atoms with Gasteiger partial charge in [-0.1, -0.05) is 33.8 Å². The molecule has 2 heterocycles. The maximum atomic E-state index is 12.5. The number of likely N-dealkylation sites (N-methyl/N-ethyl adjacent to an activating group) is 1. The molecule has 0 bridgehead atoms. The number of ether oxygens (including phenoxy) is 1. The predicted molar refractivity (Wildman–Crippen MR) is 105 cm³/mol. The van der Waals surface area contributed by atoms with Gasteiger partial charge in [0.1, 0.15) is 5.82 Å². The number of carbonyl (C=O) groups excluding carboxylic acids is 1. The van der Waals surface area contributed by atoms with Crippen molar-refractivity contribution in [3.05, 3.63) is 35.9 Å². The highest BCUT2D eigenvalue weighted by Gasteiger charge is 2.17. The normalized spacial score (nSPS) is 11.6. The molecule has 0 unspecified atom stereocenters. The van der Waals surface area contributed by atoms with Gasteiger partial charge in [0.2, 0.25) is 0 Å². The summed E-state index contributed by atoms with van der Waals surface area (Å²) in [5, 5.41) is 2.92. The Morgan fingerprint density at radius 2 is 2.04 bits per heavy atom. The van der Waals surface area contributed by atoms with Crippen LogP contribution < -0.4 is 5.32 Å². The second-order valence-electron chi connectivity index (χ2n) is 6.83. The molecule has 6 heteroatoms. The molecular weight excluding hydrogens is 328 g/mol. The molecule has 2 rings (SSSR count). The molecule has 0 saturated heterocycles. The molecule has 0 atom stereocenters. The summed E-state index contributed by atoms with van der Waals surface area (Å²) in [6.07, 6.45) is 2.81. The predicted octanol–water partition coefficient (Wildman–Crippen LogP) is 2.62. The smallest absolute Gasteiger partial charge is 0.272 e. The van der Waals surface area contributed by atoms with E-state index < -0.39 is 0 Å². The van der Waals surface area contributed by atoms with Gasteiger partial charge >= 0.3 is 0 Å². The number of hydrogen-bond donors (Lipinski definition) is 1. The van der Waals surface area contributed by atoms with Gasteiger partial charge in [-0.3, -0.25) is 4.79 Å². The van der Waals surface area contributed by atoms with Crippen LogP contribution in [0.2, 0.25) is 0 Å². The van der Waals surface area contributed by atoms with E-state index in [-0.39, 0.29) is 5.91 Å². The Hall–Kier alpha value is -1.92. The molecular formula is C20H32N4O2. The molecule has 1 amide bonds. The summed E-state index contributed by atoms with van der Waals surface area (Å²) in [5.74, 6) is 1.27. The van der Waals surface area contributed by atoms with Gasteiger partial charge in [0.15, 0.2) is 5.69 Å². The first-order chi connectivity index (χ1) is 12.6. The first-order valence-electron chi connectivity index (χ1n) is 9.61. The third-order valence-electron chi connectivity index (χ3n) is 4.41. The van der Waals surface area contributed by atoms with E-state index in [1.165, 1.54) is 0 Å². The van der Waals surface area contributed by atoms with Gasteiger partial charge in [0, 0.05) is 25.7 Å². The summed E-state index contributed by atoms with van der Waals surface area (Å²) in [5.41, 5.74) is 1.34. The standard InChI is InChI=1S/C20H32N4O2/c1-5-23(6-2)12-14-26-13-10-21-20(25)19-17-9-7-8-11-24(17)18(22-19)15-16(3)4/h7-9,11,16H,5-6,10,12-15H2,1-4H3,(H,21,25). The van der Waals surface area contributed by atoms with Crippen molar-refractivity contribution in [1.82, 2.24) is 19.6 Å². The summed E-state index contributed by atoms with van der Waals surface area (Å²) < 4.78 is 7.63. The minimum Gasteiger partial charge on any atom is -0.378 e. The third kappa shape index (κ3) is 5.54. The van der Waals surface area contributed by atoms with Crippen LogP contribution in [0.3, 0.4) is 0 Å². The fourth-order valence-corrected chi connectivity index (χ4v) is 2.93. The fourth-order valence-electron chi connectivity index (χ4n) is 2.93. The Morgan fingerprint density at radius 3 is 2.73 bits per heavy atom. The van der Waals surface area contributed by atoms with Crippen LogP contribution in [0.1, 0.15) is 44.0 Å². The zero-order chi connectivity index (χ0) is 18.9. The molecule has 144 valence electrons. The minimum absolute atomic E-state index is 0.143. The molecule has 1 N–H and O–H groups in total. The van der Waals surface area contributed by atoms with Crippen LogP contribution >= 0.6 is 0 Å². The highest BCUT2D eigenvalue weighted by molar-refractivity contribution is 5.99. The lowest BCUT2D eigenvalue weighted by atomic mass is 10.1. The number of rotatable bonds is 11. The number of hydrogen-bond acceptors (Lipinski definition) is 4. The zero-order valence-electron chi connectivity index (χ0n) is 16.5. The summed E-state index contributed by atoms with van der Waals surface area (Å²) >= 11 is 0. The molecule has 0 spiro atoms. The van der Waals surface area contributed by atoms with E-state index in [1.54, 1.807) is 0 Å². The molecule has 0 aliphatic rings. The average molecular weight is 361 g/mol. The van der Waals surface area contributed by atoms with Crippen molar-refractivity contribution in [1.29, 1.82) is 0 Å². The van der Waals surface area contributed by atoms with Gasteiger partial charge in [0.05, 0.1) is 18.7 Å². The summed E-state index contributed by atoms with van der Waals surface area (Å²) in [4.78, 5) is 19.4. The van der Waals surface area contributed by atoms with E-state index in [4.69, 9.17) is 4.74 Å². The number of fused-ring (bicyclic) bond motifs is 1. The number of carbonyl (C=O) groups is 1. The van der Waals surface area contributed by atoms with Crippen LogP contribution in [0.5, 0.6) is 0 Å². The lowest BCUT2D eigenvalue weighted by Crippen LogP contribution is -2.30. The number of pyridine rings is 1. The van der Waals surface area contributed by atoms with Crippen molar-refractivity contribution in [3.8, 4) is 0 Å². The zero-order valence-corrected chi connectivity index (χ0v) is 16.5. The van der Waals surface area contributed by atoms with Crippen LogP contribution in [-0.2, 0) is 11.2 Å². The van der Waals surface area contributed by atoms with Crippen LogP contribution in [0.15, 0.2) is 24.4 Å². The fraction of sp³-hybridized carbons (Fsp3) is 0.600. The summed E-state index contributed by atoms with van der Waals surface area (Å²) in [6, 6.07) is 5.83. The van der Waals surface area contributed by atoms with Gasteiger partial charge in [-0.15, -0.1) is 0 Å².